The van der Waals surface area contributed by atoms with E-state index in [1.807, 2.05) is 13.0 Å². The Morgan fingerprint density at radius 1 is 1.42 bits per heavy atom. The van der Waals surface area contributed by atoms with Crippen LogP contribution in [0.1, 0.15) is 19.8 Å². The van der Waals surface area contributed by atoms with Crippen molar-refractivity contribution in [2.75, 3.05) is 27.3 Å². The molecule has 1 unspecified atom stereocenters. The summed E-state index contributed by atoms with van der Waals surface area (Å²) in [6.45, 7) is 3.68. The summed E-state index contributed by atoms with van der Waals surface area (Å²) in [4.78, 5) is 6.45. The zero-order chi connectivity index (χ0) is 13.7. The van der Waals surface area contributed by atoms with Gasteiger partial charge in [0.1, 0.15) is 18.1 Å². The molecular formula is C14H22N2O3. The third-order valence-electron chi connectivity index (χ3n) is 3.44. The summed E-state index contributed by atoms with van der Waals surface area (Å²) in [5.41, 5.74) is 0. The molecule has 0 saturated carbocycles. The van der Waals surface area contributed by atoms with Crippen LogP contribution in [0.15, 0.2) is 18.5 Å². The van der Waals surface area contributed by atoms with Crippen molar-refractivity contribution in [2.45, 2.75) is 32.1 Å². The minimum Gasteiger partial charge on any atom is -0.490 e. The van der Waals surface area contributed by atoms with Crippen LogP contribution in [-0.4, -0.2) is 49.5 Å². The largest absolute Gasteiger partial charge is 0.490 e. The second-order valence-electron chi connectivity index (χ2n) is 4.87. The molecule has 106 valence electrons. The van der Waals surface area contributed by atoms with E-state index in [9.17, 15) is 0 Å². The molecule has 0 amide bonds. The monoisotopic (exact) mass is 266 g/mol. The minimum atomic E-state index is -0.294. The molecule has 0 bridgehead atoms. The standard InChI is InChI=1S/C14H22N2O3/c1-11(17-3)19-14-7-13(8-15-9-14)18-10-12-5-4-6-16(12)2/h7-9,11-12H,4-6,10H2,1-3H3/t11?,12-/m0/s1. The van der Waals surface area contributed by atoms with Crippen molar-refractivity contribution in [3.05, 3.63) is 18.5 Å². The van der Waals surface area contributed by atoms with E-state index in [0.29, 0.717) is 18.4 Å². The Kier molecular flexibility index (Phi) is 4.99. The SMILES string of the molecule is COC(C)Oc1cncc(OC[C@@H]2CCCN2C)c1. The highest BCUT2D eigenvalue weighted by atomic mass is 16.7. The number of methoxy groups -OCH3 is 1. The fourth-order valence-corrected chi connectivity index (χ4v) is 2.16. The van der Waals surface area contributed by atoms with Gasteiger partial charge in [-0.3, -0.25) is 4.98 Å². The van der Waals surface area contributed by atoms with E-state index in [-0.39, 0.29) is 6.29 Å². The van der Waals surface area contributed by atoms with Crippen LogP contribution in [0.2, 0.25) is 0 Å². The Bertz CT molecular complexity index is 400. The first kappa shape index (κ1) is 14.1. The lowest BCUT2D eigenvalue weighted by Gasteiger charge is -2.19. The molecule has 0 aliphatic carbocycles. The molecule has 2 atom stereocenters. The molecule has 1 aromatic rings. The molecule has 1 aliphatic rings. The van der Waals surface area contributed by atoms with Gasteiger partial charge in [-0.15, -0.1) is 0 Å². The molecule has 0 aromatic carbocycles. The summed E-state index contributed by atoms with van der Waals surface area (Å²) < 4.78 is 16.4. The van der Waals surface area contributed by atoms with E-state index < -0.39 is 0 Å². The lowest BCUT2D eigenvalue weighted by atomic mass is 10.2. The van der Waals surface area contributed by atoms with Crippen molar-refractivity contribution in [1.29, 1.82) is 0 Å². The topological polar surface area (TPSA) is 43.8 Å². The van der Waals surface area contributed by atoms with Crippen molar-refractivity contribution in [3.8, 4) is 11.5 Å². The van der Waals surface area contributed by atoms with Crippen LogP contribution in [0.3, 0.4) is 0 Å². The summed E-state index contributed by atoms with van der Waals surface area (Å²) in [5.74, 6) is 1.40. The molecule has 5 heteroatoms. The van der Waals surface area contributed by atoms with Gasteiger partial charge in [-0.25, -0.2) is 0 Å². The average Bonchev–Trinajstić information content (AvgIpc) is 2.82. The zero-order valence-corrected chi connectivity index (χ0v) is 11.8. The van der Waals surface area contributed by atoms with E-state index in [1.165, 1.54) is 12.8 Å². The lowest BCUT2D eigenvalue weighted by molar-refractivity contribution is -0.0386. The molecule has 19 heavy (non-hydrogen) atoms. The van der Waals surface area contributed by atoms with Crippen LogP contribution >= 0.6 is 0 Å². The Morgan fingerprint density at radius 2 is 2.21 bits per heavy atom. The number of hydrogen-bond donors (Lipinski definition) is 0. The number of pyridine rings is 1. The predicted octanol–water partition coefficient (Wildman–Crippen LogP) is 1.93. The van der Waals surface area contributed by atoms with Crippen molar-refractivity contribution in [3.63, 3.8) is 0 Å². The number of nitrogens with zero attached hydrogens (tertiary/aromatic N) is 2. The molecule has 2 rings (SSSR count). The molecule has 1 fully saturated rings. The maximum Gasteiger partial charge on any atom is 0.196 e. The number of likely N-dealkylation sites (N-methyl/N-ethyl adjacent to an activating group) is 1. The summed E-state index contributed by atoms with van der Waals surface area (Å²) in [5, 5.41) is 0. The molecule has 1 aromatic heterocycles. The Balaban J connectivity index is 1.88. The normalized spacial score (nSPS) is 21.3. The maximum absolute atomic E-state index is 5.79. The second kappa shape index (κ2) is 6.73. The summed E-state index contributed by atoms with van der Waals surface area (Å²) in [6, 6.07) is 2.35. The van der Waals surface area contributed by atoms with Gasteiger partial charge in [0.25, 0.3) is 0 Å². The molecule has 5 nitrogen and oxygen atoms in total. The first-order valence-corrected chi connectivity index (χ1v) is 6.66. The Hall–Kier alpha value is -1.33. The van der Waals surface area contributed by atoms with Crippen LogP contribution in [0.5, 0.6) is 11.5 Å². The van der Waals surface area contributed by atoms with Crippen LogP contribution in [-0.2, 0) is 4.74 Å². The van der Waals surface area contributed by atoms with Crippen molar-refractivity contribution < 1.29 is 14.2 Å². The lowest BCUT2D eigenvalue weighted by Crippen LogP contribution is -2.30. The van der Waals surface area contributed by atoms with Crippen molar-refractivity contribution >= 4 is 0 Å². The van der Waals surface area contributed by atoms with Gasteiger partial charge >= 0.3 is 0 Å². The van der Waals surface area contributed by atoms with Crippen LogP contribution in [0.4, 0.5) is 0 Å². The third kappa shape index (κ3) is 4.08. The quantitative estimate of drug-likeness (QED) is 0.736. The first-order chi connectivity index (χ1) is 9.19. The number of rotatable bonds is 6. The van der Waals surface area contributed by atoms with E-state index >= 15 is 0 Å². The van der Waals surface area contributed by atoms with Crippen molar-refractivity contribution in [2.24, 2.45) is 0 Å². The number of aromatic nitrogens is 1. The van der Waals surface area contributed by atoms with Gasteiger partial charge in [0.2, 0.25) is 0 Å². The molecule has 2 heterocycles. The molecule has 0 spiro atoms. The Labute approximate surface area is 114 Å². The van der Waals surface area contributed by atoms with E-state index in [4.69, 9.17) is 14.2 Å². The summed E-state index contributed by atoms with van der Waals surface area (Å²) in [7, 11) is 3.74. The van der Waals surface area contributed by atoms with E-state index in [1.54, 1.807) is 19.5 Å². The van der Waals surface area contributed by atoms with E-state index in [2.05, 4.69) is 16.9 Å². The smallest absolute Gasteiger partial charge is 0.196 e. The van der Waals surface area contributed by atoms with Crippen LogP contribution < -0.4 is 9.47 Å². The maximum atomic E-state index is 5.79. The van der Waals surface area contributed by atoms with Gasteiger partial charge in [0.15, 0.2) is 6.29 Å². The minimum absolute atomic E-state index is 0.294. The molecule has 0 radical (unpaired) electrons. The van der Waals surface area contributed by atoms with Gasteiger partial charge < -0.3 is 19.1 Å². The van der Waals surface area contributed by atoms with E-state index in [0.717, 1.165) is 12.3 Å². The van der Waals surface area contributed by atoms with Crippen LogP contribution in [0, 0.1) is 0 Å². The number of ether oxygens (including phenoxy) is 3. The van der Waals surface area contributed by atoms with Crippen molar-refractivity contribution in [1.82, 2.24) is 9.88 Å². The van der Waals surface area contributed by atoms with Gasteiger partial charge in [-0.05, 0) is 33.4 Å². The Morgan fingerprint density at radius 3 is 2.89 bits per heavy atom. The second-order valence-corrected chi connectivity index (χ2v) is 4.87. The fourth-order valence-electron chi connectivity index (χ4n) is 2.16. The third-order valence-corrected chi connectivity index (χ3v) is 3.44. The highest BCUT2D eigenvalue weighted by molar-refractivity contribution is 5.28. The average molecular weight is 266 g/mol. The van der Waals surface area contributed by atoms with Gasteiger partial charge in [-0.1, -0.05) is 0 Å². The summed E-state index contributed by atoms with van der Waals surface area (Å²) >= 11 is 0. The predicted molar refractivity (Wildman–Crippen MR) is 72.5 cm³/mol. The molecule has 0 N–H and O–H groups in total. The summed E-state index contributed by atoms with van der Waals surface area (Å²) in [6.07, 6.45) is 5.51. The highest BCUT2D eigenvalue weighted by Crippen LogP contribution is 2.21. The van der Waals surface area contributed by atoms with Gasteiger partial charge in [-0.2, -0.15) is 0 Å². The molecule has 1 aliphatic heterocycles. The fraction of sp³-hybridized carbons (Fsp3) is 0.643. The van der Waals surface area contributed by atoms with Gasteiger partial charge in [0.05, 0.1) is 12.4 Å². The van der Waals surface area contributed by atoms with Gasteiger partial charge in [0, 0.05) is 19.2 Å². The first-order valence-electron chi connectivity index (χ1n) is 6.66. The van der Waals surface area contributed by atoms with Crippen LogP contribution in [0.25, 0.3) is 0 Å². The number of hydrogen-bond acceptors (Lipinski definition) is 5. The highest BCUT2D eigenvalue weighted by Gasteiger charge is 2.21. The molecular weight excluding hydrogens is 244 g/mol. The molecule has 1 saturated heterocycles. The number of likely N-dealkylation sites (tertiary alicyclic amines) is 1. The zero-order valence-electron chi connectivity index (χ0n) is 11.8.